The number of carbonyl (C=O) groups excluding carboxylic acids is 1. The van der Waals surface area contributed by atoms with E-state index >= 15 is 0 Å². The average Bonchev–Trinajstić information content (AvgIpc) is 3.36. The van der Waals surface area contributed by atoms with Crippen molar-refractivity contribution in [2.75, 3.05) is 20.2 Å². The van der Waals surface area contributed by atoms with E-state index in [1.165, 1.54) is 4.90 Å². The first-order chi connectivity index (χ1) is 15.5. The number of piperidine rings is 1. The molecule has 2 aromatic carbocycles. The summed E-state index contributed by atoms with van der Waals surface area (Å²) >= 11 is 0. The Bertz CT molecular complexity index is 1240. The fourth-order valence-corrected chi connectivity index (χ4v) is 4.51. The number of carbonyl (C=O) groups is 2. The number of methoxy groups -OCH3 is 1. The number of ketones is 1. The van der Waals surface area contributed by atoms with Gasteiger partial charge in [0.25, 0.3) is 0 Å². The van der Waals surface area contributed by atoms with Crippen molar-refractivity contribution in [3.63, 3.8) is 0 Å². The van der Waals surface area contributed by atoms with E-state index in [1.54, 1.807) is 25.3 Å². The van der Waals surface area contributed by atoms with E-state index in [-0.39, 0.29) is 17.5 Å². The van der Waals surface area contributed by atoms with Crippen LogP contribution in [0.2, 0.25) is 0 Å². The van der Waals surface area contributed by atoms with Crippen LogP contribution in [0.1, 0.15) is 34.5 Å². The van der Waals surface area contributed by atoms with Gasteiger partial charge < -0.3 is 19.5 Å². The molecule has 0 aliphatic carbocycles. The van der Waals surface area contributed by atoms with Crippen molar-refractivity contribution in [2.45, 2.75) is 19.3 Å². The highest BCUT2D eigenvalue weighted by molar-refractivity contribution is 6.15. The lowest BCUT2D eigenvalue weighted by Gasteiger charge is -2.30. The molecule has 0 unspecified atom stereocenters. The van der Waals surface area contributed by atoms with Gasteiger partial charge in [-0.3, -0.25) is 9.89 Å². The molecule has 0 spiro atoms. The molecular formula is C24H23N3O5. The van der Waals surface area contributed by atoms with Crippen molar-refractivity contribution < 1.29 is 24.2 Å². The molecule has 5 rings (SSSR count). The molecule has 0 atom stereocenters. The number of Topliss-reactive ketones (excluding diaryl/α,β-unsaturated/α-hetero) is 1. The van der Waals surface area contributed by atoms with Crippen LogP contribution in [-0.2, 0) is 6.42 Å². The zero-order valence-electron chi connectivity index (χ0n) is 17.6. The van der Waals surface area contributed by atoms with E-state index in [0.717, 1.165) is 29.3 Å². The maximum atomic E-state index is 13.1. The van der Waals surface area contributed by atoms with Crippen molar-refractivity contribution in [1.82, 2.24) is 15.1 Å². The Morgan fingerprint density at radius 1 is 1.28 bits per heavy atom. The number of aromatic nitrogens is 2. The topological polar surface area (TPSA) is 105 Å². The highest BCUT2D eigenvalue weighted by Gasteiger charge is 2.33. The first-order valence-electron chi connectivity index (χ1n) is 10.6. The summed E-state index contributed by atoms with van der Waals surface area (Å²) in [5.41, 5.74) is 2.89. The fraction of sp³-hybridized carbons (Fsp3) is 0.292. The molecule has 8 nitrogen and oxygen atoms in total. The Morgan fingerprint density at radius 2 is 2.06 bits per heavy atom. The van der Waals surface area contributed by atoms with Gasteiger partial charge in [0.2, 0.25) is 5.78 Å². The first kappa shape index (κ1) is 20.1. The average molecular weight is 433 g/mol. The van der Waals surface area contributed by atoms with E-state index in [9.17, 15) is 14.7 Å². The minimum atomic E-state index is -0.878. The molecule has 3 heterocycles. The van der Waals surface area contributed by atoms with Crippen LogP contribution in [0.25, 0.3) is 17.0 Å². The SMILES string of the molecule is COc1ccc2c(c1CC1CCN(C(=O)O)CC1)O/C(=C\c1n[nH]c3ccccc13)C2=O. The molecule has 1 aromatic heterocycles. The number of ether oxygens (including phenoxy) is 2. The third-order valence-corrected chi connectivity index (χ3v) is 6.26. The number of amides is 1. The lowest BCUT2D eigenvalue weighted by Crippen LogP contribution is -2.37. The minimum Gasteiger partial charge on any atom is -0.496 e. The van der Waals surface area contributed by atoms with Crippen molar-refractivity contribution in [3.05, 3.63) is 59.0 Å². The van der Waals surface area contributed by atoms with Crippen molar-refractivity contribution in [1.29, 1.82) is 0 Å². The Kier molecular flexibility index (Phi) is 5.05. The highest BCUT2D eigenvalue weighted by Crippen LogP contribution is 2.42. The lowest BCUT2D eigenvalue weighted by atomic mass is 9.88. The van der Waals surface area contributed by atoms with Gasteiger partial charge in [-0.05, 0) is 43.4 Å². The van der Waals surface area contributed by atoms with Crippen molar-refractivity contribution >= 4 is 28.9 Å². The maximum Gasteiger partial charge on any atom is 0.407 e. The molecule has 8 heteroatoms. The third-order valence-electron chi connectivity index (χ3n) is 6.26. The quantitative estimate of drug-likeness (QED) is 0.600. The van der Waals surface area contributed by atoms with Gasteiger partial charge in [-0.25, -0.2) is 4.79 Å². The van der Waals surface area contributed by atoms with Gasteiger partial charge in [-0.2, -0.15) is 5.10 Å². The summed E-state index contributed by atoms with van der Waals surface area (Å²) in [6.45, 7) is 1.02. The number of hydrogen-bond donors (Lipinski definition) is 2. The molecule has 1 fully saturated rings. The van der Waals surface area contributed by atoms with Crippen LogP contribution in [0.3, 0.4) is 0 Å². The van der Waals surface area contributed by atoms with Gasteiger partial charge in [-0.1, -0.05) is 18.2 Å². The zero-order chi connectivity index (χ0) is 22.2. The normalized spacial score (nSPS) is 17.6. The van der Waals surface area contributed by atoms with Crippen LogP contribution in [0.4, 0.5) is 4.79 Å². The smallest absolute Gasteiger partial charge is 0.407 e. The Labute approximate surface area is 184 Å². The van der Waals surface area contributed by atoms with E-state index in [0.29, 0.717) is 42.3 Å². The second kappa shape index (κ2) is 8.03. The molecule has 2 aliphatic rings. The van der Waals surface area contributed by atoms with Crippen LogP contribution < -0.4 is 9.47 Å². The second-order valence-electron chi connectivity index (χ2n) is 8.13. The molecular weight excluding hydrogens is 410 g/mol. The molecule has 0 bridgehead atoms. The number of allylic oxidation sites excluding steroid dienone is 1. The zero-order valence-corrected chi connectivity index (χ0v) is 17.6. The summed E-state index contributed by atoms with van der Waals surface area (Å²) < 4.78 is 11.7. The summed E-state index contributed by atoms with van der Waals surface area (Å²) in [4.78, 5) is 25.7. The Morgan fingerprint density at radius 3 is 2.81 bits per heavy atom. The standard InChI is InChI=1S/C24H23N3O5/c1-31-20-7-6-16-22(28)21(13-19-15-4-2-3-5-18(15)25-26-19)32-23(16)17(20)12-14-8-10-27(11-9-14)24(29)30/h2-7,13-14H,8-12H2,1H3,(H,25,26)(H,29,30)/b21-13-. The summed E-state index contributed by atoms with van der Waals surface area (Å²) in [5.74, 6) is 1.53. The summed E-state index contributed by atoms with van der Waals surface area (Å²) in [6.07, 6.45) is 2.97. The number of rotatable bonds is 4. The maximum absolute atomic E-state index is 13.1. The van der Waals surface area contributed by atoms with Crippen LogP contribution in [-0.4, -0.2) is 52.3 Å². The van der Waals surface area contributed by atoms with E-state index < -0.39 is 6.09 Å². The number of aromatic amines is 1. The van der Waals surface area contributed by atoms with Gasteiger partial charge in [0, 0.05) is 30.1 Å². The van der Waals surface area contributed by atoms with Gasteiger partial charge >= 0.3 is 6.09 Å². The van der Waals surface area contributed by atoms with Crippen molar-refractivity contribution in [2.24, 2.45) is 5.92 Å². The van der Waals surface area contributed by atoms with E-state index in [4.69, 9.17) is 9.47 Å². The van der Waals surface area contributed by atoms with Crippen LogP contribution >= 0.6 is 0 Å². The predicted molar refractivity (Wildman–Crippen MR) is 118 cm³/mol. The molecule has 2 N–H and O–H groups in total. The van der Waals surface area contributed by atoms with Crippen LogP contribution in [0.15, 0.2) is 42.2 Å². The predicted octanol–water partition coefficient (Wildman–Crippen LogP) is 4.12. The summed E-state index contributed by atoms with van der Waals surface area (Å²) in [5, 5.41) is 17.4. The molecule has 0 radical (unpaired) electrons. The lowest BCUT2D eigenvalue weighted by molar-refractivity contribution is 0.101. The molecule has 0 saturated carbocycles. The summed E-state index contributed by atoms with van der Waals surface area (Å²) in [6, 6.07) is 11.2. The fourth-order valence-electron chi connectivity index (χ4n) is 4.51. The molecule has 2 aliphatic heterocycles. The number of benzene rings is 2. The number of hydrogen-bond acceptors (Lipinski definition) is 5. The third kappa shape index (κ3) is 3.47. The molecule has 32 heavy (non-hydrogen) atoms. The van der Waals surface area contributed by atoms with Crippen molar-refractivity contribution in [3.8, 4) is 11.5 Å². The molecule has 1 amide bonds. The number of carboxylic acid groups (broad SMARTS) is 1. The number of nitrogens with zero attached hydrogens (tertiary/aromatic N) is 2. The molecule has 164 valence electrons. The van der Waals surface area contributed by atoms with E-state index in [2.05, 4.69) is 10.2 Å². The monoisotopic (exact) mass is 433 g/mol. The number of fused-ring (bicyclic) bond motifs is 2. The minimum absolute atomic E-state index is 0.184. The number of likely N-dealkylation sites (tertiary alicyclic amines) is 1. The van der Waals surface area contributed by atoms with Gasteiger partial charge in [-0.15, -0.1) is 0 Å². The van der Waals surface area contributed by atoms with Gasteiger partial charge in [0.05, 0.1) is 23.9 Å². The van der Waals surface area contributed by atoms with Gasteiger partial charge in [0.15, 0.2) is 5.76 Å². The highest BCUT2D eigenvalue weighted by atomic mass is 16.5. The largest absolute Gasteiger partial charge is 0.496 e. The number of H-pyrrole nitrogens is 1. The molecule has 1 saturated heterocycles. The molecule has 3 aromatic rings. The van der Waals surface area contributed by atoms with Crippen LogP contribution in [0, 0.1) is 5.92 Å². The second-order valence-corrected chi connectivity index (χ2v) is 8.13. The van der Waals surface area contributed by atoms with Crippen LogP contribution in [0.5, 0.6) is 11.5 Å². The number of para-hydroxylation sites is 1. The Hall–Kier alpha value is -3.81. The first-order valence-corrected chi connectivity index (χ1v) is 10.6. The number of nitrogens with one attached hydrogen (secondary N) is 1. The van der Waals surface area contributed by atoms with Gasteiger partial charge in [0.1, 0.15) is 11.5 Å². The summed E-state index contributed by atoms with van der Waals surface area (Å²) in [7, 11) is 1.60. The Balaban J connectivity index is 1.44. The van der Waals surface area contributed by atoms with E-state index in [1.807, 2.05) is 24.3 Å².